The van der Waals surface area contributed by atoms with Gasteiger partial charge in [0.15, 0.2) is 9.84 Å². The monoisotopic (exact) mass is 373 g/mol. The van der Waals surface area contributed by atoms with Gasteiger partial charge >= 0.3 is 0 Å². The molecule has 1 fully saturated rings. The molecule has 3 heterocycles. The van der Waals surface area contributed by atoms with Crippen LogP contribution in [-0.2, 0) is 9.84 Å². The maximum Gasteiger partial charge on any atom is 0.152 e. The number of fused-ring (bicyclic) bond motifs is 1. The van der Waals surface area contributed by atoms with Crippen molar-refractivity contribution >= 4 is 37.2 Å². The Morgan fingerprint density at radius 1 is 1.20 bits per heavy atom. The van der Waals surface area contributed by atoms with E-state index in [2.05, 4.69) is 27.5 Å². The zero-order valence-electron chi connectivity index (χ0n) is 14.1. The standard InChI is InChI=1S/C18H19N3O2S2/c1-12-19-17(21(2)14-8-9-25(22,23)11-14)16-15(10-24-18(16)20-12)13-6-4-3-5-7-13/h3-7,10,14H,8-9,11H2,1-2H3/t14-/m1/s1. The molecule has 0 unspecified atom stereocenters. The first kappa shape index (κ1) is 16.5. The van der Waals surface area contributed by atoms with Gasteiger partial charge < -0.3 is 4.90 Å². The van der Waals surface area contributed by atoms with Crippen molar-refractivity contribution in [3.63, 3.8) is 0 Å². The van der Waals surface area contributed by atoms with E-state index in [0.717, 1.165) is 27.2 Å². The molecule has 0 spiro atoms. The van der Waals surface area contributed by atoms with Gasteiger partial charge in [0.25, 0.3) is 0 Å². The summed E-state index contributed by atoms with van der Waals surface area (Å²) in [5.74, 6) is 1.98. The number of aryl methyl sites for hydroxylation is 1. The Bertz CT molecular complexity index is 1030. The van der Waals surface area contributed by atoms with E-state index >= 15 is 0 Å². The molecule has 5 nitrogen and oxygen atoms in total. The summed E-state index contributed by atoms with van der Waals surface area (Å²) < 4.78 is 23.8. The Labute approximate surface area is 151 Å². The average Bonchev–Trinajstić information content (AvgIpc) is 3.17. The van der Waals surface area contributed by atoms with Gasteiger partial charge in [-0.25, -0.2) is 18.4 Å². The largest absolute Gasteiger partial charge is 0.355 e. The third-order valence-corrected chi connectivity index (χ3v) is 7.32. The van der Waals surface area contributed by atoms with Crippen LogP contribution in [0, 0.1) is 6.92 Å². The number of hydrogen-bond acceptors (Lipinski definition) is 6. The first-order valence-corrected chi connectivity index (χ1v) is 10.9. The van der Waals surface area contributed by atoms with E-state index < -0.39 is 9.84 Å². The lowest BCUT2D eigenvalue weighted by atomic mass is 10.1. The number of hydrogen-bond donors (Lipinski definition) is 0. The maximum absolute atomic E-state index is 11.9. The molecule has 0 amide bonds. The Balaban J connectivity index is 1.87. The van der Waals surface area contributed by atoms with E-state index in [-0.39, 0.29) is 17.5 Å². The summed E-state index contributed by atoms with van der Waals surface area (Å²) >= 11 is 1.60. The van der Waals surface area contributed by atoms with Crippen LogP contribution in [0.2, 0.25) is 0 Å². The van der Waals surface area contributed by atoms with Crippen molar-refractivity contribution in [3.8, 4) is 11.1 Å². The van der Waals surface area contributed by atoms with Gasteiger partial charge in [-0.05, 0) is 18.9 Å². The molecule has 1 aliphatic rings. The van der Waals surface area contributed by atoms with Gasteiger partial charge in [0.05, 0.1) is 16.9 Å². The van der Waals surface area contributed by atoms with Gasteiger partial charge in [0.2, 0.25) is 0 Å². The van der Waals surface area contributed by atoms with E-state index in [1.165, 1.54) is 0 Å². The average molecular weight is 374 g/mol. The molecule has 0 aliphatic carbocycles. The van der Waals surface area contributed by atoms with Crippen LogP contribution in [0.15, 0.2) is 35.7 Å². The molecule has 4 rings (SSSR count). The molecule has 2 aromatic heterocycles. The second-order valence-corrected chi connectivity index (χ2v) is 9.54. The van der Waals surface area contributed by atoms with Gasteiger partial charge in [-0.15, -0.1) is 11.3 Å². The number of anilines is 1. The van der Waals surface area contributed by atoms with E-state index in [0.29, 0.717) is 12.2 Å². The van der Waals surface area contributed by atoms with Gasteiger partial charge in [-0.3, -0.25) is 0 Å². The minimum atomic E-state index is -2.94. The minimum absolute atomic E-state index is 0.0361. The van der Waals surface area contributed by atoms with Gasteiger partial charge in [0, 0.05) is 24.0 Å². The number of nitrogens with zero attached hydrogens (tertiary/aromatic N) is 3. The van der Waals surface area contributed by atoms with E-state index in [4.69, 9.17) is 0 Å². The van der Waals surface area contributed by atoms with Gasteiger partial charge in [-0.1, -0.05) is 30.3 Å². The van der Waals surface area contributed by atoms with E-state index in [1.807, 2.05) is 37.1 Å². The molecule has 3 aromatic rings. The fourth-order valence-corrected chi connectivity index (χ4v) is 6.13. The number of thiophene rings is 1. The Hall–Kier alpha value is -1.99. The predicted molar refractivity (Wildman–Crippen MR) is 103 cm³/mol. The summed E-state index contributed by atoms with van der Waals surface area (Å²) in [5, 5.41) is 3.12. The second kappa shape index (κ2) is 6.07. The summed E-state index contributed by atoms with van der Waals surface area (Å²) in [6, 6.07) is 10.1. The van der Waals surface area contributed by atoms with Crippen LogP contribution in [0.1, 0.15) is 12.2 Å². The van der Waals surface area contributed by atoms with Gasteiger partial charge in [-0.2, -0.15) is 0 Å². The summed E-state index contributed by atoms with van der Waals surface area (Å²) in [5.41, 5.74) is 2.22. The lowest BCUT2D eigenvalue weighted by Gasteiger charge is -2.25. The number of aromatic nitrogens is 2. The highest BCUT2D eigenvalue weighted by Crippen LogP contribution is 2.39. The third-order valence-electron chi connectivity index (χ3n) is 4.70. The molecule has 25 heavy (non-hydrogen) atoms. The number of rotatable bonds is 3. The quantitative estimate of drug-likeness (QED) is 0.705. The zero-order valence-corrected chi connectivity index (χ0v) is 15.8. The normalized spacial score (nSPS) is 19.4. The van der Waals surface area contributed by atoms with Crippen LogP contribution < -0.4 is 4.90 Å². The van der Waals surface area contributed by atoms with Crippen molar-refractivity contribution in [3.05, 3.63) is 41.5 Å². The molecule has 1 aromatic carbocycles. The lowest BCUT2D eigenvalue weighted by molar-refractivity contribution is 0.600. The second-order valence-electron chi connectivity index (χ2n) is 6.46. The molecule has 7 heteroatoms. The molecule has 130 valence electrons. The van der Waals surface area contributed by atoms with Crippen LogP contribution in [0.3, 0.4) is 0 Å². The van der Waals surface area contributed by atoms with E-state index in [9.17, 15) is 8.42 Å². The predicted octanol–water partition coefficient (Wildman–Crippen LogP) is 3.29. The minimum Gasteiger partial charge on any atom is -0.355 e. The first-order valence-electron chi connectivity index (χ1n) is 8.19. The van der Waals surface area contributed by atoms with Crippen molar-refractivity contribution in [1.82, 2.24) is 9.97 Å². The number of sulfone groups is 1. The molecule has 0 bridgehead atoms. The summed E-state index contributed by atoms with van der Waals surface area (Å²) in [4.78, 5) is 12.2. The SMILES string of the molecule is Cc1nc(N(C)[C@@H]2CCS(=O)(=O)C2)c2c(-c3ccccc3)csc2n1. The lowest BCUT2D eigenvalue weighted by Crippen LogP contribution is -2.33. The zero-order chi connectivity index (χ0) is 17.6. The Morgan fingerprint density at radius 3 is 2.64 bits per heavy atom. The molecule has 0 N–H and O–H groups in total. The summed E-state index contributed by atoms with van der Waals surface area (Å²) in [7, 11) is -1.000. The molecule has 0 saturated carbocycles. The highest BCUT2D eigenvalue weighted by molar-refractivity contribution is 7.91. The van der Waals surface area contributed by atoms with Crippen LogP contribution >= 0.6 is 11.3 Å². The van der Waals surface area contributed by atoms with Crippen molar-refractivity contribution in [2.45, 2.75) is 19.4 Å². The molecule has 1 atom stereocenters. The maximum atomic E-state index is 11.9. The molecule has 0 radical (unpaired) electrons. The molecular weight excluding hydrogens is 354 g/mol. The molecule has 1 saturated heterocycles. The fraction of sp³-hybridized carbons (Fsp3) is 0.333. The smallest absolute Gasteiger partial charge is 0.152 e. The highest BCUT2D eigenvalue weighted by atomic mass is 32.2. The summed E-state index contributed by atoms with van der Waals surface area (Å²) in [6.45, 7) is 1.88. The van der Waals surface area contributed by atoms with Crippen LogP contribution in [0.5, 0.6) is 0 Å². The van der Waals surface area contributed by atoms with Crippen molar-refractivity contribution in [1.29, 1.82) is 0 Å². The Kier molecular flexibility index (Phi) is 4.00. The third kappa shape index (κ3) is 3.02. The van der Waals surface area contributed by atoms with Gasteiger partial charge in [0.1, 0.15) is 16.5 Å². The number of benzene rings is 1. The van der Waals surface area contributed by atoms with E-state index in [1.54, 1.807) is 11.3 Å². The first-order chi connectivity index (χ1) is 11.9. The Morgan fingerprint density at radius 2 is 1.96 bits per heavy atom. The summed E-state index contributed by atoms with van der Waals surface area (Å²) in [6.07, 6.45) is 0.647. The van der Waals surface area contributed by atoms with Crippen molar-refractivity contribution < 1.29 is 8.42 Å². The van der Waals surface area contributed by atoms with Crippen molar-refractivity contribution in [2.75, 3.05) is 23.5 Å². The highest BCUT2D eigenvalue weighted by Gasteiger charge is 2.32. The van der Waals surface area contributed by atoms with Crippen LogP contribution in [0.4, 0.5) is 5.82 Å². The topological polar surface area (TPSA) is 63.2 Å². The molecular formula is C18H19N3O2S2. The fourth-order valence-electron chi connectivity index (χ4n) is 3.37. The molecule has 1 aliphatic heterocycles. The van der Waals surface area contributed by atoms with Crippen LogP contribution in [0.25, 0.3) is 21.3 Å². The van der Waals surface area contributed by atoms with Crippen LogP contribution in [-0.4, -0.2) is 43.0 Å². The van der Waals surface area contributed by atoms with Crippen molar-refractivity contribution in [2.24, 2.45) is 0 Å².